The van der Waals surface area contributed by atoms with Crippen LogP contribution in [0.15, 0.2) is 42.5 Å². The van der Waals surface area contributed by atoms with Crippen LogP contribution in [0.4, 0.5) is 0 Å². The van der Waals surface area contributed by atoms with E-state index in [0.29, 0.717) is 35.2 Å². The zero-order valence-corrected chi connectivity index (χ0v) is 16.7. The lowest BCUT2D eigenvalue weighted by Gasteiger charge is -2.36. The van der Waals surface area contributed by atoms with Crippen LogP contribution in [0.5, 0.6) is 17.2 Å². The summed E-state index contributed by atoms with van der Waals surface area (Å²) in [6.45, 7) is 0.756. The van der Waals surface area contributed by atoms with Gasteiger partial charge in [-0.1, -0.05) is 23.7 Å². The highest BCUT2D eigenvalue weighted by molar-refractivity contribution is 6.30. The normalized spacial score (nSPS) is 19.2. The number of nitrogens with zero attached hydrogens (tertiary/aromatic N) is 1. The minimum absolute atomic E-state index is 0.0362. The fourth-order valence-electron chi connectivity index (χ4n) is 3.27. The van der Waals surface area contributed by atoms with E-state index >= 15 is 0 Å². The summed E-state index contributed by atoms with van der Waals surface area (Å²) >= 11 is 5.98. The molecule has 1 heterocycles. The van der Waals surface area contributed by atoms with Gasteiger partial charge in [0.05, 0.1) is 27.2 Å². The van der Waals surface area contributed by atoms with Gasteiger partial charge in [0.2, 0.25) is 5.91 Å². The number of hydrogen-bond acceptors (Lipinski definition) is 5. The first-order valence-electron chi connectivity index (χ1n) is 9.09. The number of halogens is 1. The van der Waals surface area contributed by atoms with E-state index in [4.69, 9.17) is 25.8 Å². The first kappa shape index (κ1) is 20.3. The molecule has 1 fully saturated rings. The molecule has 0 aromatic heterocycles. The molecule has 1 N–H and O–H groups in total. The van der Waals surface area contributed by atoms with Gasteiger partial charge in [-0.05, 0) is 29.8 Å². The summed E-state index contributed by atoms with van der Waals surface area (Å²) in [5.41, 5.74) is 0.857. The number of carbonyl (C=O) groups excluding carboxylic acids is 1. The molecule has 1 saturated heterocycles. The molecule has 28 heavy (non-hydrogen) atoms. The van der Waals surface area contributed by atoms with Crippen LogP contribution in [0.3, 0.4) is 0 Å². The Kier molecular flexibility index (Phi) is 6.65. The molecule has 3 rings (SSSR count). The van der Waals surface area contributed by atoms with E-state index in [-0.39, 0.29) is 18.9 Å². The quantitative estimate of drug-likeness (QED) is 0.800. The average molecular weight is 406 g/mol. The van der Waals surface area contributed by atoms with Crippen molar-refractivity contribution in [2.75, 3.05) is 27.3 Å². The molecule has 0 radical (unpaired) electrons. The summed E-state index contributed by atoms with van der Waals surface area (Å²) < 4.78 is 16.4. The van der Waals surface area contributed by atoms with Crippen molar-refractivity contribution in [2.45, 2.75) is 25.0 Å². The highest BCUT2D eigenvalue weighted by Crippen LogP contribution is 2.32. The van der Waals surface area contributed by atoms with Gasteiger partial charge in [0.1, 0.15) is 18.0 Å². The standard InChI is InChI=1S/C21H24ClNO5/c1-26-19-7-6-16(12-20(19)27-2)28-18-8-9-23(13-17(18)24)21(25)11-14-4-3-5-15(22)10-14/h3-7,10,12,17-18,24H,8-9,11,13H2,1-2H3/t17-,18-/m1/s1. The number of piperidine rings is 1. The fourth-order valence-corrected chi connectivity index (χ4v) is 3.48. The van der Waals surface area contributed by atoms with Crippen LogP contribution in [-0.2, 0) is 11.2 Å². The number of aliphatic hydroxyl groups excluding tert-OH is 1. The second kappa shape index (κ2) is 9.17. The maximum atomic E-state index is 12.5. The SMILES string of the molecule is COc1ccc(O[C@@H]2CCN(C(=O)Cc3cccc(Cl)c3)C[C@H]2O)cc1OC. The number of amides is 1. The predicted molar refractivity (Wildman–Crippen MR) is 106 cm³/mol. The van der Waals surface area contributed by atoms with E-state index in [1.807, 2.05) is 12.1 Å². The van der Waals surface area contributed by atoms with Crippen LogP contribution >= 0.6 is 11.6 Å². The molecule has 0 aliphatic carbocycles. The summed E-state index contributed by atoms with van der Waals surface area (Å²) in [4.78, 5) is 14.2. The lowest BCUT2D eigenvalue weighted by molar-refractivity contribution is -0.136. The number of carbonyl (C=O) groups is 1. The molecule has 2 atom stereocenters. The topological polar surface area (TPSA) is 68.2 Å². The van der Waals surface area contributed by atoms with Gasteiger partial charge in [0.15, 0.2) is 11.5 Å². The Morgan fingerprint density at radius 1 is 1.18 bits per heavy atom. The highest BCUT2D eigenvalue weighted by Gasteiger charge is 2.31. The molecule has 1 amide bonds. The van der Waals surface area contributed by atoms with Crippen molar-refractivity contribution in [2.24, 2.45) is 0 Å². The number of likely N-dealkylation sites (tertiary alicyclic amines) is 1. The van der Waals surface area contributed by atoms with E-state index in [0.717, 1.165) is 5.56 Å². The molecule has 2 aromatic rings. The van der Waals surface area contributed by atoms with E-state index in [1.165, 1.54) is 0 Å². The number of aliphatic hydroxyl groups is 1. The lowest BCUT2D eigenvalue weighted by Crippen LogP contribution is -2.51. The number of hydrogen-bond donors (Lipinski definition) is 1. The second-order valence-electron chi connectivity index (χ2n) is 6.68. The molecule has 0 unspecified atom stereocenters. The molecule has 6 nitrogen and oxygen atoms in total. The van der Waals surface area contributed by atoms with Crippen LogP contribution in [0, 0.1) is 0 Å². The van der Waals surface area contributed by atoms with Crippen LogP contribution in [0.25, 0.3) is 0 Å². The molecular formula is C21H24ClNO5. The van der Waals surface area contributed by atoms with E-state index in [9.17, 15) is 9.90 Å². The third kappa shape index (κ3) is 4.88. The fraction of sp³-hybridized carbons (Fsp3) is 0.381. The molecule has 150 valence electrons. The van der Waals surface area contributed by atoms with Crippen molar-refractivity contribution in [1.29, 1.82) is 0 Å². The third-order valence-electron chi connectivity index (χ3n) is 4.76. The monoisotopic (exact) mass is 405 g/mol. The summed E-state index contributed by atoms with van der Waals surface area (Å²) in [6.07, 6.45) is -0.371. The van der Waals surface area contributed by atoms with Gasteiger partial charge in [-0.2, -0.15) is 0 Å². The second-order valence-corrected chi connectivity index (χ2v) is 7.11. The molecule has 0 bridgehead atoms. The first-order chi connectivity index (χ1) is 13.5. The van der Waals surface area contributed by atoms with Crippen molar-refractivity contribution in [3.8, 4) is 17.2 Å². The van der Waals surface area contributed by atoms with Gasteiger partial charge in [0, 0.05) is 24.1 Å². The smallest absolute Gasteiger partial charge is 0.227 e. The van der Waals surface area contributed by atoms with Gasteiger partial charge >= 0.3 is 0 Å². The van der Waals surface area contributed by atoms with E-state index in [1.54, 1.807) is 49.5 Å². The van der Waals surface area contributed by atoms with Gasteiger partial charge in [-0.15, -0.1) is 0 Å². The Labute approximate surface area is 169 Å². The third-order valence-corrected chi connectivity index (χ3v) is 4.99. The summed E-state index contributed by atoms with van der Waals surface area (Å²) in [6, 6.07) is 12.5. The van der Waals surface area contributed by atoms with Crippen LogP contribution in [-0.4, -0.2) is 55.4 Å². The zero-order valence-electron chi connectivity index (χ0n) is 15.9. The minimum atomic E-state index is -0.773. The zero-order chi connectivity index (χ0) is 20.1. The van der Waals surface area contributed by atoms with E-state index < -0.39 is 12.2 Å². The van der Waals surface area contributed by atoms with Crippen LogP contribution in [0.2, 0.25) is 5.02 Å². The number of methoxy groups -OCH3 is 2. The maximum absolute atomic E-state index is 12.5. The number of β-amino-alcohol motifs (C(OH)–C–C–N with tert-alkyl or cyclic N) is 1. The number of benzene rings is 2. The molecule has 1 aliphatic rings. The van der Waals surface area contributed by atoms with Crippen molar-refractivity contribution < 1.29 is 24.1 Å². The Morgan fingerprint density at radius 2 is 1.96 bits per heavy atom. The summed E-state index contributed by atoms with van der Waals surface area (Å²) in [5.74, 6) is 1.71. The Balaban J connectivity index is 1.58. The van der Waals surface area contributed by atoms with Crippen molar-refractivity contribution >= 4 is 17.5 Å². The number of rotatable bonds is 6. The predicted octanol–water partition coefficient (Wildman–Crippen LogP) is 2.94. The Bertz CT molecular complexity index is 828. The summed E-state index contributed by atoms with van der Waals surface area (Å²) in [5, 5.41) is 11.1. The van der Waals surface area contributed by atoms with Gasteiger partial charge in [0.25, 0.3) is 0 Å². The number of ether oxygens (including phenoxy) is 3. The molecule has 0 saturated carbocycles. The average Bonchev–Trinajstić information content (AvgIpc) is 2.69. The molecule has 1 aliphatic heterocycles. The molecule has 2 aromatic carbocycles. The largest absolute Gasteiger partial charge is 0.493 e. The van der Waals surface area contributed by atoms with Crippen LogP contribution < -0.4 is 14.2 Å². The Morgan fingerprint density at radius 3 is 2.64 bits per heavy atom. The highest BCUT2D eigenvalue weighted by atomic mass is 35.5. The minimum Gasteiger partial charge on any atom is -0.493 e. The first-order valence-corrected chi connectivity index (χ1v) is 9.47. The Hall–Kier alpha value is -2.44. The van der Waals surface area contributed by atoms with Gasteiger partial charge in [-0.3, -0.25) is 4.79 Å². The molecule has 0 spiro atoms. The van der Waals surface area contributed by atoms with Crippen molar-refractivity contribution in [3.63, 3.8) is 0 Å². The lowest BCUT2D eigenvalue weighted by atomic mass is 10.0. The maximum Gasteiger partial charge on any atom is 0.227 e. The van der Waals surface area contributed by atoms with Crippen LogP contribution in [0.1, 0.15) is 12.0 Å². The van der Waals surface area contributed by atoms with Crippen molar-refractivity contribution in [3.05, 3.63) is 53.1 Å². The van der Waals surface area contributed by atoms with Crippen molar-refractivity contribution in [1.82, 2.24) is 4.90 Å². The van der Waals surface area contributed by atoms with Gasteiger partial charge < -0.3 is 24.2 Å². The summed E-state index contributed by atoms with van der Waals surface area (Å²) in [7, 11) is 3.12. The van der Waals surface area contributed by atoms with E-state index in [2.05, 4.69) is 0 Å². The molecular weight excluding hydrogens is 382 g/mol. The van der Waals surface area contributed by atoms with Gasteiger partial charge in [-0.25, -0.2) is 0 Å². The molecule has 7 heteroatoms.